The first-order chi connectivity index (χ1) is 14.5. The van der Waals surface area contributed by atoms with Gasteiger partial charge < -0.3 is 15.5 Å². The van der Waals surface area contributed by atoms with Gasteiger partial charge in [-0.1, -0.05) is 0 Å². The largest absolute Gasteiger partial charge is 0.390 e. The lowest BCUT2D eigenvalue weighted by atomic mass is 9.98. The van der Waals surface area contributed by atoms with E-state index in [1.54, 1.807) is 6.07 Å². The molecular formula is C21H26F2N6O. The summed E-state index contributed by atoms with van der Waals surface area (Å²) in [4.78, 5) is 28.4. The molecule has 1 amide bonds. The number of aliphatic imine (C=N–C) groups is 1. The summed E-state index contributed by atoms with van der Waals surface area (Å²) in [6, 6.07) is 4.29. The van der Waals surface area contributed by atoms with Crippen LogP contribution in [0.1, 0.15) is 24.8 Å². The summed E-state index contributed by atoms with van der Waals surface area (Å²) in [7, 11) is 1.86. The lowest BCUT2D eigenvalue weighted by molar-refractivity contribution is -0.131. The van der Waals surface area contributed by atoms with Crippen LogP contribution in [0.3, 0.4) is 0 Å². The van der Waals surface area contributed by atoms with Gasteiger partial charge in [0.1, 0.15) is 17.5 Å². The number of hydrogen-bond acceptors (Lipinski definition) is 5. The number of likely N-dealkylation sites (tertiary alicyclic amines) is 1. The van der Waals surface area contributed by atoms with Crippen molar-refractivity contribution in [2.75, 3.05) is 31.6 Å². The SMILES string of the molecule is CN(CCN1CC[C@H](CCCc2c(F)ccnc2N=CN)C1=O)c1ccc(F)cn1. The van der Waals surface area contributed by atoms with E-state index < -0.39 is 0 Å². The fourth-order valence-electron chi connectivity index (χ4n) is 3.67. The zero-order chi connectivity index (χ0) is 21.5. The van der Waals surface area contributed by atoms with Crippen molar-refractivity contribution in [3.8, 4) is 0 Å². The van der Waals surface area contributed by atoms with Crippen LogP contribution in [-0.4, -0.2) is 53.8 Å². The van der Waals surface area contributed by atoms with E-state index in [1.807, 2.05) is 16.8 Å². The Morgan fingerprint density at radius 2 is 2.17 bits per heavy atom. The summed E-state index contributed by atoms with van der Waals surface area (Å²) in [6.45, 7) is 1.90. The molecule has 1 fully saturated rings. The Labute approximate surface area is 174 Å². The van der Waals surface area contributed by atoms with Crippen molar-refractivity contribution in [1.82, 2.24) is 14.9 Å². The predicted octanol–water partition coefficient (Wildman–Crippen LogP) is 2.68. The molecule has 0 spiro atoms. The van der Waals surface area contributed by atoms with Crippen LogP contribution in [0.5, 0.6) is 0 Å². The Kier molecular flexibility index (Phi) is 7.26. The summed E-state index contributed by atoms with van der Waals surface area (Å²) in [5.41, 5.74) is 5.73. The number of hydrogen-bond donors (Lipinski definition) is 1. The molecule has 9 heteroatoms. The van der Waals surface area contributed by atoms with Crippen molar-refractivity contribution in [3.05, 3.63) is 47.8 Å². The quantitative estimate of drug-likeness (QED) is 0.502. The van der Waals surface area contributed by atoms with E-state index in [0.717, 1.165) is 12.8 Å². The van der Waals surface area contributed by atoms with Gasteiger partial charge in [0, 0.05) is 44.4 Å². The zero-order valence-corrected chi connectivity index (χ0v) is 17.0. The number of pyridine rings is 2. The summed E-state index contributed by atoms with van der Waals surface area (Å²) in [5.74, 6) is 0.284. The topological polar surface area (TPSA) is 87.7 Å². The number of aromatic nitrogens is 2. The molecule has 0 aromatic carbocycles. The van der Waals surface area contributed by atoms with Gasteiger partial charge in [-0.25, -0.2) is 23.7 Å². The minimum absolute atomic E-state index is 0.0551. The smallest absolute Gasteiger partial charge is 0.225 e. The fourth-order valence-corrected chi connectivity index (χ4v) is 3.67. The third kappa shape index (κ3) is 5.28. The zero-order valence-electron chi connectivity index (χ0n) is 17.0. The van der Waals surface area contributed by atoms with Gasteiger partial charge in [-0.2, -0.15) is 0 Å². The van der Waals surface area contributed by atoms with Crippen LogP contribution in [0.2, 0.25) is 0 Å². The number of nitrogens with two attached hydrogens (primary N) is 1. The fraction of sp³-hybridized carbons (Fsp3) is 0.429. The van der Waals surface area contributed by atoms with Crippen molar-refractivity contribution in [2.45, 2.75) is 25.7 Å². The molecule has 0 bridgehead atoms. The van der Waals surface area contributed by atoms with Gasteiger partial charge in [-0.3, -0.25) is 4.79 Å². The molecule has 1 aliphatic heterocycles. The number of anilines is 1. The van der Waals surface area contributed by atoms with E-state index in [1.165, 1.54) is 24.5 Å². The van der Waals surface area contributed by atoms with Crippen molar-refractivity contribution < 1.29 is 13.6 Å². The molecule has 2 aromatic rings. The maximum Gasteiger partial charge on any atom is 0.225 e. The molecule has 1 aliphatic rings. The van der Waals surface area contributed by atoms with Crippen LogP contribution >= 0.6 is 0 Å². The molecule has 2 aromatic heterocycles. The molecule has 1 saturated heterocycles. The first-order valence-electron chi connectivity index (χ1n) is 9.98. The number of halogens is 2. The van der Waals surface area contributed by atoms with Gasteiger partial charge in [-0.15, -0.1) is 0 Å². The lowest BCUT2D eigenvalue weighted by Crippen LogP contribution is -2.35. The molecule has 0 aliphatic carbocycles. The van der Waals surface area contributed by atoms with Crippen molar-refractivity contribution in [2.24, 2.45) is 16.6 Å². The number of carbonyl (C=O) groups excluding carboxylic acids is 1. The molecule has 0 radical (unpaired) electrons. The maximum absolute atomic E-state index is 14.1. The Morgan fingerprint density at radius 3 is 2.90 bits per heavy atom. The van der Waals surface area contributed by atoms with E-state index >= 15 is 0 Å². The molecule has 3 heterocycles. The molecular weight excluding hydrogens is 390 g/mol. The van der Waals surface area contributed by atoms with Gasteiger partial charge in [-0.05, 0) is 43.9 Å². The van der Waals surface area contributed by atoms with Crippen molar-refractivity contribution in [1.29, 1.82) is 0 Å². The third-order valence-electron chi connectivity index (χ3n) is 5.37. The van der Waals surface area contributed by atoms with Crippen molar-refractivity contribution in [3.63, 3.8) is 0 Å². The van der Waals surface area contributed by atoms with E-state index in [9.17, 15) is 13.6 Å². The second-order valence-electron chi connectivity index (χ2n) is 7.33. The van der Waals surface area contributed by atoms with Crippen LogP contribution in [0.25, 0.3) is 0 Å². The molecule has 160 valence electrons. The van der Waals surface area contributed by atoms with E-state index in [-0.39, 0.29) is 29.3 Å². The predicted molar refractivity (Wildman–Crippen MR) is 112 cm³/mol. The summed E-state index contributed by atoms with van der Waals surface area (Å²) < 4.78 is 27.1. The van der Waals surface area contributed by atoms with Crippen LogP contribution in [-0.2, 0) is 11.2 Å². The normalized spacial score (nSPS) is 16.6. The lowest BCUT2D eigenvalue weighted by Gasteiger charge is -2.23. The Morgan fingerprint density at radius 1 is 1.33 bits per heavy atom. The number of carbonyl (C=O) groups is 1. The molecule has 2 N–H and O–H groups in total. The highest BCUT2D eigenvalue weighted by molar-refractivity contribution is 5.80. The monoisotopic (exact) mass is 416 g/mol. The standard InChI is InChI=1S/C21H26F2N6O/c1-28(19-6-5-16(22)13-26-19)11-12-29-10-8-15(21(29)30)3-2-4-17-18(23)7-9-25-20(17)27-14-24/h5-7,9,13-15H,2-4,8,10-12H2,1H3,(H2,24,25,27)/t15-/m0/s1. The molecule has 3 rings (SSSR count). The van der Waals surface area contributed by atoms with Gasteiger partial charge >= 0.3 is 0 Å². The third-order valence-corrected chi connectivity index (χ3v) is 5.37. The highest BCUT2D eigenvalue weighted by atomic mass is 19.1. The Bertz CT molecular complexity index is 890. The van der Waals surface area contributed by atoms with Crippen molar-refractivity contribution >= 4 is 23.9 Å². The highest BCUT2D eigenvalue weighted by Crippen LogP contribution is 2.26. The van der Waals surface area contributed by atoms with E-state index in [4.69, 9.17) is 5.73 Å². The van der Waals surface area contributed by atoms with Crippen LogP contribution in [0, 0.1) is 17.6 Å². The van der Waals surface area contributed by atoms with E-state index in [0.29, 0.717) is 50.3 Å². The molecule has 7 nitrogen and oxygen atoms in total. The average molecular weight is 416 g/mol. The Hall–Kier alpha value is -3.10. The van der Waals surface area contributed by atoms with Gasteiger partial charge in [0.05, 0.1) is 12.5 Å². The molecule has 0 saturated carbocycles. The number of rotatable bonds is 9. The second-order valence-corrected chi connectivity index (χ2v) is 7.33. The molecule has 30 heavy (non-hydrogen) atoms. The average Bonchev–Trinajstić information content (AvgIpc) is 3.08. The Balaban J connectivity index is 1.47. The first-order valence-corrected chi connectivity index (χ1v) is 9.98. The van der Waals surface area contributed by atoms with Crippen LogP contribution in [0.15, 0.2) is 35.6 Å². The van der Waals surface area contributed by atoms with Crippen LogP contribution in [0.4, 0.5) is 20.4 Å². The summed E-state index contributed by atoms with van der Waals surface area (Å²) in [6.07, 6.45) is 6.23. The number of likely N-dealkylation sites (N-methyl/N-ethyl adjacent to an activating group) is 1. The summed E-state index contributed by atoms with van der Waals surface area (Å²) >= 11 is 0. The summed E-state index contributed by atoms with van der Waals surface area (Å²) in [5, 5.41) is 0. The maximum atomic E-state index is 14.1. The molecule has 0 unspecified atom stereocenters. The van der Waals surface area contributed by atoms with E-state index in [2.05, 4.69) is 15.0 Å². The van der Waals surface area contributed by atoms with Crippen LogP contribution < -0.4 is 10.6 Å². The first kappa shape index (κ1) is 21.6. The van der Waals surface area contributed by atoms with Gasteiger partial charge in [0.25, 0.3) is 0 Å². The minimum atomic E-state index is -0.377. The van der Waals surface area contributed by atoms with Gasteiger partial charge in [0.15, 0.2) is 5.82 Å². The number of nitrogens with zero attached hydrogens (tertiary/aromatic N) is 5. The minimum Gasteiger partial charge on any atom is -0.390 e. The highest BCUT2D eigenvalue weighted by Gasteiger charge is 2.31. The van der Waals surface area contributed by atoms with Gasteiger partial charge in [0.2, 0.25) is 5.91 Å². The second kappa shape index (κ2) is 10.1. The molecule has 1 atom stereocenters. The number of amides is 1.